The lowest BCUT2D eigenvalue weighted by molar-refractivity contribution is 0.765. The summed E-state index contributed by atoms with van der Waals surface area (Å²) in [4.78, 5) is 8.31. The van der Waals surface area contributed by atoms with E-state index in [0.717, 1.165) is 11.4 Å². The first-order valence-corrected chi connectivity index (χ1v) is 5.41. The van der Waals surface area contributed by atoms with E-state index in [0.29, 0.717) is 11.6 Å². The molecule has 0 amide bonds. The molecule has 0 fully saturated rings. The quantitative estimate of drug-likeness (QED) is 0.833. The van der Waals surface area contributed by atoms with Gasteiger partial charge in [0.25, 0.3) is 0 Å². The Morgan fingerprint density at radius 1 is 1.41 bits per heavy atom. The minimum Gasteiger partial charge on any atom is -0.384 e. The number of aromatic nitrogens is 4. The van der Waals surface area contributed by atoms with E-state index in [2.05, 4.69) is 20.4 Å². The number of rotatable bonds is 3. The van der Waals surface area contributed by atoms with Gasteiger partial charge in [-0.2, -0.15) is 5.10 Å². The van der Waals surface area contributed by atoms with Gasteiger partial charge in [0.1, 0.15) is 17.5 Å². The molecule has 0 radical (unpaired) electrons. The van der Waals surface area contributed by atoms with Crippen molar-refractivity contribution in [1.29, 1.82) is 0 Å². The standard InChI is InChI=1S/C11H16N6/c1-7(9-5-13-17(3)6-9)14-11-4-10(12)15-8(2)16-11/h4-7H,1-3H3,(H3,12,14,15,16). The summed E-state index contributed by atoms with van der Waals surface area (Å²) < 4.78 is 1.77. The number of hydrogen-bond acceptors (Lipinski definition) is 5. The summed E-state index contributed by atoms with van der Waals surface area (Å²) in [6.07, 6.45) is 3.80. The molecule has 0 aliphatic rings. The zero-order valence-electron chi connectivity index (χ0n) is 10.2. The van der Waals surface area contributed by atoms with Gasteiger partial charge in [0.2, 0.25) is 0 Å². The van der Waals surface area contributed by atoms with Gasteiger partial charge in [-0.1, -0.05) is 0 Å². The fraction of sp³-hybridized carbons (Fsp3) is 0.364. The molecule has 0 saturated heterocycles. The highest BCUT2D eigenvalue weighted by atomic mass is 15.2. The van der Waals surface area contributed by atoms with Gasteiger partial charge in [0, 0.05) is 24.9 Å². The molecular weight excluding hydrogens is 216 g/mol. The Morgan fingerprint density at radius 2 is 2.18 bits per heavy atom. The maximum absolute atomic E-state index is 5.67. The van der Waals surface area contributed by atoms with Crippen LogP contribution in [0.5, 0.6) is 0 Å². The summed E-state index contributed by atoms with van der Waals surface area (Å²) in [6.45, 7) is 3.86. The Morgan fingerprint density at radius 3 is 2.76 bits per heavy atom. The second-order valence-corrected chi connectivity index (χ2v) is 4.04. The summed E-state index contributed by atoms with van der Waals surface area (Å²) in [5.74, 6) is 1.86. The lowest BCUT2D eigenvalue weighted by Gasteiger charge is -2.13. The largest absolute Gasteiger partial charge is 0.384 e. The number of aryl methyl sites for hydroxylation is 2. The van der Waals surface area contributed by atoms with Gasteiger partial charge in [-0.25, -0.2) is 9.97 Å². The molecule has 3 N–H and O–H groups in total. The van der Waals surface area contributed by atoms with E-state index in [1.54, 1.807) is 10.7 Å². The molecule has 0 aromatic carbocycles. The molecule has 1 atom stereocenters. The third-order valence-corrected chi connectivity index (χ3v) is 2.45. The first-order chi connectivity index (χ1) is 8.04. The molecule has 0 bridgehead atoms. The molecule has 0 aliphatic carbocycles. The summed E-state index contributed by atoms with van der Waals surface area (Å²) in [5.41, 5.74) is 6.77. The fourth-order valence-corrected chi connectivity index (χ4v) is 1.63. The van der Waals surface area contributed by atoms with Crippen LogP contribution in [-0.2, 0) is 7.05 Å². The summed E-state index contributed by atoms with van der Waals surface area (Å²) >= 11 is 0. The van der Waals surface area contributed by atoms with Crippen molar-refractivity contribution in [3.05, 3.63) is 29.8 Å². The molecule has 6 nitrogen and oxygen atoms in total. The van der Waals surface area contributed by atoms with E-state index < -0.39 is 0 Å². The van der Waals surface area contributed by atoms with Gasteiger partial charge in [-0.15, -0.1) is 0 Å². The molecule has 1 unspecified atom stereocenters. The maximum Gasteiger partial charge on any atom is 0.132 e. The zero-order chi connectivity index (χ0) is 12.4. The summed E-state index contributed by atoms with van der Waals surface area (Å²) in [7, 11) is 1.89. The third-order valence-electron chi connectivity index (χ3n) is 2.45. The monoisotopic (exact) mass is 232 g/mol. The Bertz CT molecular complexity index is 498. The first-order valence-electron chi connectivity index (χ1n) is 5.41. The van der Waals surface area contributed by atoms with Crippen LogP contribution in [0.1, 0.15) is 24.4 Å². The van der Waals surface area contributed by atoms with E-state index in [1.807, 2.05) is 33.3 Å². The van der Waals surface area contributed by atoms with Crippen LogP contribution >= 0.6 is 0 Å². The fourth-order valence-electron chi connectivity index (χ4n) is 1.63. The average Bonchev–Trinajstić information content (AvgIpc) is 2.63. The van der Waals surface area contributed by atoms with Crippen LogP contribution in [-0.4, -0.2) is 19.7 Å². The van der Waals surface area contributed by atoms with Crippen molar-refractivity contribution in [2.75, 3.05) is 11.1 Å². The molecule has 0 spiro atoms. The lowest BCUT2D eigenvalue weighted by Crippen LogP contribution is -2.09. The van der Waals surface area contributed by atoms with E-state index in [1.165, 1.54) is 0 Å². The normalized spacial score (nSPS) is 12.4. The molecule has 0 saturated carbocycles. The van der Waals surface area contributed by atoms with Crippen LogP contribution < -0.4 is 11.1 Å². The van der Waals surface area contributed by atoms with Gasteiger partial charge >= 0.3 is 0 Å². The van der Waals surface area contributed by atoms with Crippen LogP contribution in [0.2, 0.25) is 0 Å². The van der Waals surface area contributed by atoms with Gasteiger partial charge in [0.15, 0.2) is 0 Å². The Hall–Kier alpha value is -2.11. The molecule has 17 heavy (non-hydrogen) atoms. The Kier molecular flexibility index (Phi) is 2.95. The number of nitrogens with two attached hydrogens (primary N) is 1. The second kappa shape index (κ2) is 4.40. The van der Waals surface area contributed by atoms with Crippen LogP contribution in [0.15, 0.2) is 18.5 Å². The summed E-state index contributed by atoms with van der Waals surface area (Å²) in [5, 5.41) is 7.40. The van der Waals surface area contributed by atoms with E-state index in [4.69, 9.17) is 5.73 Å². The van der Waals surface area contributed by atoms with Crippen LogP contribution in [0.3, 0.4) is 0 Å². The van der Waals surface area contributed by atoms with Gasteiger partial charge in [0.05, 0.1) is 12.2 Å². The van der Waals surface area contributed by atoms with Gasteiger partial charge < -0.3 is 11.1 Å². The van der Waals surface area contributed by atoms with Gasteiger partial charge in [-0.05, 0) is 13.8 Å². The highest BCUT2D eigenvalue weighted by molar-refractivity contribution is 5.45. The van der Waals surface area contributed by atoms with Crippen molar-refractivity contribution in [2.45, 2.75) is 19.9 Å². The molecule has 2 heterocycles. The lowest BCUT2D eigenvalue weighted by atomic mass is 10.2. The molecule has 2 aromatic heterocycles. The van der Waals surface area contributed by atoms with Crippen molar-refractivity contribution >= 4 is 11.6 Å². The third kappa shape index (κ3) is 2.72. The van der Waals surface area contributed by atoms with Crippen LogP contribution in [0, 0.1) is 6.92 Å². The van der Waals surface area contributed by atoms with E-state index >= 15 is 0 Å². The average molecular weight is 232 g/mol. The van der Waals surface area contributed by atoms with Crippen LogP contribution in [0.25, 0.3) is 0 Å². The van der Waals surface area contributed by atoms with Crippen LogP contribution in [0.4, 0.5) is 11.6 Å². The Balaban J connectivity index is 2.15. The van der Waals surface area contributed by atoms with E-state index in [-0.39, 0.29) is 6.04 Å². The minimum atomic E-state index is 0.123. The number of nitrogens with one attached hydrogen (secondary N) is 1. The predicted octanol–water partition coefficient (Wildman–Crippen LogP) is 1.27. The number of nitrogens with zero attached hydrogens (tertiary/aromatic N) is 4. The number of nitrogen functional groups attached to an aromatic ring is 1. The highest BCUT2D eigenvalue weighted by Gasteiger charge is 2.08. The SMILES string of the molecule is Cc1nc(N)cc(NC(C)c2cnn(C)c2)n1. The maximum atomic E-state index is 5.67. The van der Waals surface area contributed by atoms with Crippen molar-refractivity contribution in [3.8, 4) is 0 Å². The molecule has 2 rings (SSSR count). The molecule has 2 aromatic rings. The topological polar surface area (TPSA) is 81.6 Å². The molecular formula is C11H16N6. The highest BCUT2D eigenvalue weighted by Crippen LogP contribution is 2.17. The molecule has 90 valence electrons. The van der Waals surface area contributed by atoms with Crippen molar-refractivity contribution in [2.24, 2.45) is 7.05 Å². The molecule has 6 heteroatoms. The van der Waals surface area contributed by atoms with Crippen molar-refractivity contribution in [1.82, 2.24) is 19.7 Å². The van der Waals surface area contributed by atoms with Crippen molar-refractivity contribution in [3.63, 3.8) is 0 Å². The second-order valence-electron chi connectivity index (χ2n) is 4.04. The predicted molar refractivity (Wildman–Crippen MR) is 66.4 cm³/mol. The minimum absolute atomic E-state index is 0.123. The number of hydrogen-bond donors (Lipinski definition) is 2. The molecule has 0 aliphatic heterocycles. The smallest absolute Gasteiger partial charge is 0.132 e. The number of anilines is 2. The van der Waals surface area contributed by atoms with Gasteiger partial charge in [-0.3, -0.25) is 4.68 Å². The van der Waals surface area contributed by atoms with E-state index in [9.17, 15) is 0 Å². The zero-order valence-corrected chi connectivity index (χ0v) is 10.2. The van der Waals surface area contributed by atoms with Crippen molar-refractivity contribution < 1.29 is 0 Å². The summed E-state index contributed by atoms with van der Waals surface area (Å²) in [6, 6.07) is 1.84. The Labute approximate surface area is 99.9 Å². The first kappa shape index (κ1) is 11.4.